The molecule has 10 heteroatoms. The molecule has 0 bridgehead atoms. The van der Waals surface area contributed by atoms with Gasteiger partial charge < -0.3 is 20.7 Å². The summed E-state index contributed by atoms with van der Waals surface area (Å²) in [4.78, 5) is 40.7. The number of rotatable bonds is 7. The van der Waals surface area contributed by atoms with Gasteiger partial charge in [0.25, 0.3) is 0 Å². The highest BCUT2D eigenvalue weighted by molar-refractivity contribution is 8.00. The predicted octanol–water partition coefficient (Wildman–Crippen LogP) is 4.25. The van der Waals surface area contributed by atoms with Crippen LogP contribution in [0.25, 0.3) is 10.9 Å². The molecule has 2 aromatic rings. The van der Waals surface area contributed by atoms with Crippen molar-refractivity contribution < 1.29 is 19.1 Å². The maximum absolute atomic E-state index is 12.6. The second-order valence-electron chi connectivity index (χ2n) is 9.60. The van der Waals surface area contributed by atoms with Crippen molar-refractivity contribution in [1.29, 1.82) is 0 Å². The number of hydrogen-bond acceptors (Lipinski definition) is 6. The van der Waals surface area contributed by atoms with E-state index in [1.807, 2.05) is 17.8 Å². The van der Waals surface area contributed by atoms with Crippen molar-refractivity contribution in [3.63, 3.8) is 0 Å². The van der Waals surface area contributed by atoms with Crippen molar-refractivity contribution in [3.8, 4) is 0 Å². The Morgan fingerprint density at radius 1 is 1.15 bits per heavy atom. The van der Waals surface area contributed by atoms with E-state index in [1.54, 1.807) is 45.2 Å². The number of carbonyl (C=O) groups excluding carboxylic acids is 3. The molecule has 2 fully saturated rings. The van der Waals surface area contributed by atoms with Gasteiger partial charge in [-0.15, -0.1) is 0 Å². The first kappa shape index (κ1) is 24.1. The number of urea groups is 1. The van der Waals surface area contributed by atoms with Crippen LogP contribution in [0.1, 0.15) is 46.5 Å². The molecule has 4 rings (SSSR count). The minimum absolute atomic E-state index is 0.0641. The number of ether oxygens (including phenoxy) is 1. The second-order valence-corrected chi connectivity index (χ2v) is 10.9. The van der Waals surface area contributed by atoms with Crippen LogP contribution in [0.5, 0.6) is 0 Å². The third-order valence-corrected chi connectivity index (χ3v) is 7.27. The molecule has 34 heavy (non-hydrogen) atoms. The Balaban J connectivity index is 1.31. The molecule has 0 aliphatic carbocycles. The summed E-state index contributed by atoms with van der Waals surface area (Å²) in [5.74, 6) is 0.875. The summed E-state index contributed by atoms with van der Waals surface area (Å²) in [5.41, 5.74) is 1.13. The third kappa shape index (κ3) is 5.91. The first-order valence-electron chi connectivity index (χ1n) is 11.6. The van der Waals surface area contributed by atoms with Gasteiger partial charge >= 0.3 is 12.1 Å². The number of hydrogen-bond donors (Lipinski definition) is 4. The summed E-state index contributed by atoms with van der Waals surface area (Å²) < 4.78 is 5.33. The van der Waals surface area contributed by atoms with Crippen molar-refractivity contribution in [2.75, 3.05) is 16.4 Å². The molecule has 3 atom stereocenters. The van der Waals surface area contributed by atoms with E-state index in [-0.39, 0.29) is 24.0 Å². The minimum atomic E-state index is -0.610. The number of carbonyl (C=O) groups is 3. The molecule has 2 aliphatic rings. The lowest BCUT2D eigenvalue weighted by molar-refractivity contribution is -0.116. The van der Waals surface area contributed by atoms with E-state index >= 15 is 0 Å². The SMILES string of the molecule is CC(C)(C)OC(=O)Nc1ccc(NC(=O)CCCC[C@@H]2SC[C@@H]3NC(=O)N[C@@H]32)c2cccnc12. The van der Waals surface area contributed by atoms with Gasteiger partial charge in [-0.1, -0.05) is 6.42 Å². The van der Waals surface area contributed by atoms with E-state index in [9.17, 15) is 14.4 Å². The Morgan fingerprint density at radius 2 is 1.94 bits per heavy atom. The Hall–Kier alpha value is -3.01. The van der Waals surface area contributed by atoms with Crippen LogP contribution >= 0.6 is 11.8 Å². The van der Waals surface area contributed by atoms with Gasteiger partial charge in [0.1, 0.15) is 5.60 Å². The van der Waals surface area contributed by atoms with E-state index in [4.69, 9.17) is 4.74 Å². The molecular weight excluding hydrogens is 454 g/mol. The molecule has 4 N–H and O–H groups in total. The van der Waals surface area contributed by atoms with Crippen LogP contribution in [0, 0.1) is 0 Å². The molecule has 3 heterocycles. The Labute approximate surface area is 203 Å². The minimum Gasteiger partial charge on any atom is -0.444 e. The summed E-state index contributed by atoms with van der Waals surface area (Å²) in [6.45, 7) is 5.40. The second kappa shape index (κ2) is 10.1. The van der Waals surface area contributed by atoms with E-state index in [0.29, 0.717) is 28.6 Å². The lowest BCUT2D eigenvalue weighted by Crippen LogP contribution is -2.36. The number of pyridine rings is 1. The molecule has 4 amide bonds. The zero-order valence-electron chi connectivity index (χ0n) is 19.6. The van der Waals surface area contributed by atoms with Crippen LogP contribution in [0.4, 0.5) is 21.0 Å². The summed E-state index contributed by atoms with van der Waals surface area (Å²) in [6.07, 6.45) is 4.16. The fourth-order valence-electron chi connectivity index (χ4n) is 4.28. The molecule has 0 spiro atoms. The number of aromatic nitrogens is 1. The van der Waals surface area contributed by atoms with Crippen LogP contribution in [0.3, 0.4) is 0 Å². The van der Waals surface area contributed by atoms with Crippen LogP contribution < -0.4 is 21.3 Å². The summed E-state index contributed by atoms with van der Waals surface area (Å²) >= 11 is 1.88. The van der Waals surface area contributed by atoms with Crippen LogP contribution in [0.2, 0.25) is 0 Å². The lowest BCUT2D eigenvalue weighted by Gasteiger charge is -2.20. The molecule has 9 nitrogen and oxygen atoms in total. The number of nitrogens with one attached hydrogen (secondary N) is 4. The van der Waals surface area contributed by atoms with Crippen LogP contribution in [0.15, 0.2) is 30.5 Å². The van der Waals surface area contributed by atoms with Gasteiger partial charge in [0.2, 0.25) is 5.91 Å². The van der Waals surface area contributed by atoms with Crippen LogP contribution in [-0.2, 0) is 9.53 Å². The Kier molecular flexibility index (Phi) is 7.16. The number of unbranched alkanes of at least 4 members (excludes halogenated alkanes) is 1. The maximum Gasteiger partial charge on any atom is 0.412 e. The number of benzene rings is 1. The maximum atomic E-state index is 12.6. The van der Waals surface area contributed by atoms with Gasteiger partial charge in [0, 0.05) is 29.0 Å². The summed E-state index contributed by atoms with van der Waals surface area (Å²) in [6, 6.07) is 7.47. The first-order valence-corrected chi connectivity index (χ1v) is 12.6. The first-order chi connectivity index (χ1) is 16.2. The number of anilines is 2. The fourth-order valence-corrected chi connectivity index (χ4v) is 5.83. The Morgan fingerprint density at radius 3 is 2.74 bits per heavy atom. The molecule has 0 radical (unpaired) electrons. The average Bonchev–Trinajstić information content (AvgIpc) is 3.31. The quantitative estimate of drug-likeness (QED) is 0.344. The molecule has 0 unspecified atom stereocenters. The Bertz CT molecular complexity index is 1090. The topological polar surface area (TPSA) is 121 Å². The lowest BCUT2D eigenvalue weighted by atomic mass is 10.0. The van der Waals surface area contributed by atoms with E-state index < -0.39 is 11.7 Å². The highest BCUT2D eigenvalue weighted by Gasteiger charge is 2.42. The molecule has 1 aromatic heterocycles. The van der Waals surface area contributed by atoms with Crippen molar-refractivity contribution >= 4 is 52.1 Å². The number of amides is 4. The van der Waals surface area contributed by atoms with Crippen molar-refractivity contribution in [2.24, 2.45) is 0 Å². The highest BCUT2D eigenvalue weighted by atomic mass is 32.2. The van der Waals surface area contributed by atoms with Gasteiger partial charge in [0.15, 0.2) is 0 Å². The summed E-state index contributed by atoms with van der Waals surface area (Å²) in [7, 11) is 0. The summed E-state index contributed by atoms with van der Waals surface area (Å²) in [5, 5.41) is 12.8. The van der Waals surface area contributed by atoms with Gasteiger partial charge in [-0.3, -0.25) is 15.1 Å². The van der Waals surface area contributed by atoms with E-state index in [2.05, 4.69) is 26.3 Å². The monoisotopic (exact) mass is 485 g/mol. The zero-order valence-corrected chi connectivity index (χ0v) is 20.5. The molecule has 0 saturated carbocycles. The average molecular weight is 486 g/mol. The molecular formula is C24H31N5O4S. The standard InChI is InChI=1S/C24H31N5O4S/c1-24(2,3)33-23(32)28-16-11-10-15(14-7-6-12-25-20(14)16)26-19(30)9-5-4-8-18-21-17(13-34-18)27-22(31)29-21/h6-7,10-12,17-18,21H,4-5,8-9,13H2,1-3H3,(H,26,30)(H,28,32)(H2,27,29,31)/t17-,18-,21-/m0/s1. The number of fused-ring (bicyclic) bond motifs is 2. The fraction of sp³-hybridized carbons (Fsp3) is 0.500. The van der Waals surface area contributed by atoms with Crippen molar-refractivity contribution in [1.82, 2.24) is 15.6 Å². The van der Waals surface area contributed by atoms with Gasteiger partial charge in [-0.2, -0.15) is 11.8 Å². The van der Waals surface area contributed by atoms with Gasteiger partial charge in [-0.05, 0) is 57.9 Å². The molecule has 1 aromatic carbocycles. The predicted molar refractivity (Wildman–Crippen MR) is 134 cm³/mol. The number of nitrogens with zero attached hydrogens (tertiary/aromatic N) is 1. The largest absolute Gasteiger partial charge is 0.444 e. The molecule has 2 aliphatic heterocycles. The van der Waals surface area contributed by atoms with E-state index in [0.717, 1.165) is 30.4 Å². The highest BCUT2D eigenvalue weighted by Crippen LogP contribution is 2.33. The zero-order chi connectivity index (χ0) is 24.3. The van der Waals surface area contributed by atoms with Crippen LogP contribution in [-0.4, -0.2) is 51.7 Å². The van der Waals surface area contributed by atoms with E-state index in [1.165, 1.54) is 0 Å². The van der Waals surface area contributed by atoms with Gasteiger partial charge in [0.05, 0.1) is 29.0 Å². The molecule has 182 valence electrons. The van der Waals surface area contributed by atoms with Gasteiger partial charge in [-0.25, -0.2) is 9.59 Å². The normalized spacial score (nSPS) is 21.5. The van der Waals surface area contributed by atoms with Crippen molar-refractivity contribution in [3.05, 3.63) is 30.5 Å². The third-order valence-electron chi connectivity index (χ3n) is 5.76. The molecule has 2 saturated heterocycles. The van der Waals surface area contributed by atoms with Crippen molar-refractivity contribution in [2.45, 2.75) is 69.4 Å². The number of thioether (sulfide) groups is 1. The smallest absolute Gasteiger partial charge is 0.412 e.